The Bertz CT molecular complexity index is 205. The highest BCUT2D eigenvalue weighted by Crippen LogP contribution is 1.97. The molecule has 1 rings (SSSR count). The molecule has 0 atom stereocenters. The van der Waals surface area contributed by atoms with Gasteiger partial charge in [-0.1, -0.05) is 0 Å². The average Bonchev–Trinajstić information content (AvgIpc) is 2.37. The molecule has 1 aromatic rings. The van der Waals surface area contributed by atoms with E-state index in [1.807, 2.05) is 26.5 Å². The van der Waals surface area contributed by atoms with Crippen LogP contribution in [0.3, 0.4) is 0 Å². The molecule has 0 bridgehead atoms. The van der Waals surface area contributed by atoms with E-state index in [9.17, 15) is 0 Å². The molecule has 1 aromatic heterocycles. The summed E-state index contributed by atoms with van der Waals surface area (Å²) in [5.41, 5.74) is 0. The molecule has 0 aliphatic heterocycles. The van der Waals surface area contributed by atoms with Crippen molar-refractivity contribution in [1.29, 1.82) is 0 Å². The normalized spacial score (nSPS) is 10.4. The Morgan fingerprint density at radius 1 is 1.64 bits per heavy atom. The Labute approximate surface area is 67.4 Å². The number of hydrogen-bond acceptors (Lipinski definition) is 2. The van der Waals surface area contributed by atoms with Crippen LogP contribution in [0.4, 0.5) is 0 Å². The van der Waals surface area contributed by atoms with Crippen molar-refractivity contribution in [1.82, 2.24) is 14.9 Å². The van der Waals surface area contributed by atoms with Crippen LogP contribution < -0.4 is 5.32 Å². The first-order chi connectivity index (χ1) is 5.34. The lowest BCUT2D eigenvalue weighted by atomic mass is 10.3. The van der Waals surface area contributed by atoms with Gasteiger partial charge in [-0.25, -0.2) is 4.98 Å². The first-order valence-corrected chi connectivity index (χ1v) is 3.95. The highest BCUT2D eigenvalue weighted by molar-refractivity contribution is 4.90. The summed E-state index contributed by atoms with van der Waals surface area (Å²) in [5, 5.41) is 3.11. The van der Waals surface area contributed by atoms with Crippen LogP contribution in [0.1, 0.15) is 12.2 Å². The lowest BCUT2D eigenvalue weighted by Crippen LogP contribution is -2.09. The molecule has 11 heavy (non-hydrogen) atoms. The van der Waals surface area contributed by atoms with Gasteiger partial charge in [0.15, 0.2) is 0 Å². The molecule has 3 heteroatoms. The van der Waals surface area contributed by atoms with Crippen molar-refractivity contribution in [3.8, 4) is 0 Å². The Hall–Kier alpha value is -0.830. The minimum absolute atomic E-state index is 1.06. The maximum absolute atomic E-state index is 4.22. The van der Waals surface area contributed by atoms with Gasteiger partial charge < -0.3 is 9.88 Å². The summed E-state index contributed by atoms with van der Waals surface area (Å²) < 4.78 is 2.07. The zero-order valence-electron chi connectivity index (χ0n) is 7.17. The number of aromatic nitrogens is 2. The van der Waals surface area contributed by atoms with Gasteiger partial charge in [-0.3, -0.25) is 0 Å². The number of nitrogens with zero attached hydrogens (tertiary/aromatic N) is 2. The third-order valence-electron chi connectivity index (χ3n) is 1.75. The van der Waals surface area contributed by atoms with Crippen molar-refractivity contribution in [2.45, 2.75) is 12.8 Å². The molecular formula is C8H15N3. The molecule has 0 aliphatic rings. The first-order valence-electron chi connectivity index (χ1n) is 3.95. The van der Waals surface area contributed by atoms with Crippen LogP contribution in [0, 0.1) is 0 Å². The fourth-order valence-electron chi connectivity index (χ4n) is 1.06. The van der Waals surface area contributed by atoms with Gasteiger partial charge in [0.1, 0.15) is 5.82 Å². The average molecular weight is 153 g/mol. The van der Waals surface area contributed by atoms with Crippen molar-refractivity contribution in [2.24, 2.45) is 7.05 Å². The molecule has 0 saturated heterocycles. The zero-order valence-corrected chi connectivity index (χ0v) is 7.17. The van der Waals surface area contributed by atoms with E-state index >= 15 is 0 Å². The van der Waals surface area contributed by atoms with Gasteiger partial charge in [0.05, 0.1) is 0 Å². The fourth-order valence-corrected chi connectivity index (χ4v) is 1.06. The lowest BCUT2D eigenvalue weighted by Gasteiger charge is -2.00. The molecule has 3 nitrogen and oxygen atoms in total. The van der Waals surface area contributed by atoms with Gasteiger partial charge in [-0.05, 0) is 20.0 Å². The molecule has 0 fully saturated rings. The number of nitrogens with one attached hydrogen (secondary N) is 1. The predicted octanol–water partition coefficient (Wildman–Crippen LogP) is 0.572. The van der Waals surface area contributed by atoms with Crippen molar-refractivity contribution in [2.75, 3.05) is 13.6 Å². The van der Waals surface area contributed by atoms with E-state index < -0.39 is 0 Å². The van der Waals surface area contributed by atoms with E-state index in [0.29, 0.717) is 0 Å². The van der Waals surface area contributed by atoms with Crippen LogP contribution in [-0.2, 0) is 13.5 Å². The highest BCUT2D eigenvalue weighted by atomic mass is 15.0. The van der Waals surface area contributed by atoms with Gasteiger partial charge in [-0.15, -0.1) is 0 Å². The number of hydrogen-bond donors (Lipinski definition) is 1. The third kappa shape index (κ3) is 2.35. The molecule has 0 spiro atoms. The van der Waals surface area contributed by atoms with E-state index in [-0.39, 0.29) is 0 Å². The second kappa shape index (κ2) is 4.13. The minimum atomic E-state index is 1.06. The number of imidazole rings is 1. The maximum Gasteiger partial charge on any atom is 0.108 e. The topological polar surface area (TPSA) is 29.9 Å². The maximum atomic E-state index is 4.22. The smallest absolute Gasteiger partial charge is 0.108 e. The second-order valence-electron chi connectivity index (χ2n) is 2.66. The van der Waals surface area contributed by atoms with Gasteiger partial charge in [0.25, 0.3) is 0 Å². The van der Waals surface area contributed by atoms with Crippen LogP contribution in [0.2, 0.25) is 0 Å². The quantitative estimate of drug-likeness (QED) is 0.641. The Balaban J connectivity index is 2.32. The van der Waals surface area contributed by atoms with Gasteiger partial charge in [0, 0.05) is 25.9 Å². The first kappa shape index (κ1) is 8.27. The van der Waals surface area contributed by atoms with E-state index in [4.69, 9.17) is 0 Å². The molecule has 0 aromatic carbocycles. The van der Waals surface area contributed by atoms with Gasteiger partial charge >= 0.3 is 0 Å². The lowest BCUT2D eigenvalue weighted by molar-refractivity contribution is 0.680. The van der Waals surface area contributed by atoms with Gasteiger partial charge in [0.2, 0.25) is 0 Å². The number of rotatable bonds is 4. The van der Waals surface area contributed by atoms with Gasteiger partial charge in [-0.2, -0.15) is 0 Å². The summed E-state index contributed by atoms with van der Waals surface area (Å²) in [5.74, 6) is 1.17. The van der Waals surface area contributed by atoms with Crippen molar-refractivity contribution in [3.05, 3.63) is 18.2 Å². The Morgan fingerprint density at radius 3 is 3.00 bits per heavy atom. The van der Waals surface area contributed by atoms with Crippen LogP contribution in [-0.4, -0.2) is 23.1 Å². The molecule has 0 radical (unpaired) electrons. The molecule has 0 unspecified atom stereocenters. The van der Waals surface area contributed by atoms with Crippen molar-refractivity contribution in [3.63, 3.8) is 0 Å². The minimum Gasteiger partial charge on any atom is -0.338 e. The Kier molecular flexibility index (Phi) is 3.11. The van der Waals surface area contributed by atoms with Crippen LogP contribution in [0.25, 0.3) is 0 Å². The fraction of sp³-hybridized carbons (Fsp3) is 0.625. The number of aryl methyl sites for hydroxylation is 2. The van der Waals surface area contributed by atoms with Crippen LogP contribution in [0.15, 0.2) is 12.4 Å². The van der Waals surface area contributed by atoms with E-state index in [1.165, 1.54) is 5.82 Å². The zero-order chi connectivity index (χ0) is 8.10. The summed E-state index contributed by atoms with van der Waals surface area (Å²) in [6.45, 7) is 1.06. The second-order valence-corrected chi connectivity index (χ2v) is 2.66. The molecule has 0 amide bonds. The standard InChI is InChI=1S/C8H15N3/c1-9-5-3-4-8-10-6-7-11(8)2/h6-7,9H,3-5H2,1-2H3. The SMILES string of the molecule is CNCCCc1nccn1C. The predicted molar refractivity (Wildman–Crippen MR) is 45.5 cm³/mol. The largest absolute Gasteiger partial charge is 0.338 e. The van der Waals surface area contributed by atoms with E-state index in [0.717, 1.165) is 19.4 Å². The van der Waals surface area contributed by atoms with Crippen LogP contribution in [0.5, 0.6) is 0 Å². The summed E-state index contributed by atoms with van der Waals surface area (Å²) >= 11 is 0. The summed E-state index contributed by atoms with van der Waals surface area (Å²) in [4.78, 5) is 4.22. The highest BCUT2D eigenvalue weighted by Gasteiger charge is 1.96. The summed E-state index contributed by atoms with van der Waals surface area (Å²) in [6.07, 6.45) is 6.04. The molecular weight excluding hydrogens is 138 g/mol. The van der Waals surface area contributed by atoms with Crippen LogP contribution >= 0.6 is 0 Å². The molecule has 1 N–H and O–H groups in total. The third-order valence-corrected chi connectivity index (χ3v) is 1.75. The van der Waals surface area contributed by atoms with E-state index in [2.05, 4.69) is 14.9 Å². The van der Waals surface area contributed by atoms with Crippen molar-refractivity contribution >= 4 is 0 Å². The summed E-state index contributed by atoms with van der Waals surface area (Å²) in [6, 6.07) is 0. The Morgan fingerprint density at radius 2 is 2.45 bits per heavy atom. The molecule has 1 heterocycles. The summed E-state index contributed by atoms with van der Waals surface area (Å²) in [7, 11) is 4.00. The molecule has 62 valence electrons. The van der Waals surface area contributed by atoms with E-state index in [1.54, 1.807) is 0 Å². The monoisotopic (exact) mass is 153 g/mol. The molecule has 0 aliphatic carbocycles. The molecule has 0 saturated carbocycles. The van der Waals surface area contributed by atoms with Crippen molar-refractivity contribution < 1.29 is 0 Å².